The Morgan fingerprint density at radius 3 is 2.21 bits per heavy atom. The maximum absolute atomic E-state index is 13.1. The van der Waals surface area contributed by atoms with Crippen molar-refractivity contribution >= 4 is 16.1 Å². The summed E-state index contributed by atoms with van der Waals surface area (Å²) in [5.74, 6) is -5.75. The first-order chi connectivity index (χ1) is 10.9. The van der Waals surface area contributed by atoms with Crippen LogP contribution >= 0.6 is 0 Å². The molecule has 0 bridgehead atoms. The zero-order valence-corrected chi connectivity index (χ0v) is 13.3. The number of carbonyl (C=O) groups is 1. The highest BCUT2D eigenvalue weighted by molar-refractivity contribution is 7.87. The lowest BCUT2D eigenvalue weighted by molar-refractivity contribution is -0.165. The highest BCUT2D eigenvalue weighted by Crippen LogP contribution is 2.41. The van der Waals surface area contributed by atoms with Gasteiger partial charge < -0.3 is 14.6 Å². The Morgan fingerprint density at radius 1 is 1.12 bits per heavy atom. The molecule has 0 aromatic carbocycles. The van der Waals surface area contributed by atoms with E-state index in [1.807, 2.05) is 0 Å². The molecule has 0 spiro atoms. The van der Waals surface area contributed by atoms with Crippen molar-refractivity contribution in [1.29, 1.82) is 0 Å². The maximum atomic E-state index is 13.1. The first kappa shape index (κ1) is 22.8. The number of esters is 1. The second-order valence-corrected chi connectivity index (χ2v) is 6.13. The van der Waals surface area contributed by atoms with Crippen LogP contribution in [0.3, 0.4) is 0 Å². The van der Waals surface area contributed by atoms with Crippen LogP contribution in [0.1, 0.15) is 19.3 Å². The quantitative estimate of drug-likeness (QED) is 0.172. The second-order valence-electron chi connectivity index (χ2n) is 4.67. The first-order valence-electron chi connectivity index (χ1n) is 6.63. The van der Waals surface area contributed by atoms with Crippen molar-refractivity contribution in [3.8, 4) is 0 Å². The van der Waals surface area contributed by atoms with E-state index < -0.39 is 40.1 Å². The van der Waals surface area contributed by atoms with Crippen LogP contribution in [0, 0.1) is 0 Å². The molecule has 0 saturated heterocycles. The van der Waals surface area contributed by atoms with Gasteiger partial charge in [0.2, 0.25) is 0 Å². The Kier molecular flexibility index (Phi) is 8.82. The lowest BCUT2D eigenvalue weighted by Crippen LogP contribution is -2.46. The van der Waals surface area contributed by atoms with E-state index in [4.69, 9.17) is 14.4 Å². The molecule has 0 amide bonds. The number of unbranched alkanes of at least 4 members (excludes halogenated alkanes) is 1. The molecule has 0 aliphatic rings. The number of halogens is 4. The normalized spacial score (nSPS) is 12.9. The smallest absolute Gasteiger partial charge is 0.431 e. The number of rotatable bonds is 12. The summed E-state index contributed by atoms with van der Waals surface area (Å²) in [4.78, 5) is 11.2. The standard InChI is InChI=1S/C12H18F4O7S/c1-9(10(18)23-7-5-17)8-22-6-3-2-4-11(13,14)12(15,16)24(19,20)21/h17H,1-8H2,(H,19,20,21). The summed E-state index contributed by atoms with van der Waals surface area (Å²) in [6, 6.07) is 0. The van der Waals surface area contributed by atoms with Crippen LogP contribution in [0.4, 0.5) is 17.6 Å². The summed E-state index contributed by atoms with van der Waals surface area (Å²) in [6.45, 7) is 2.26. The molecule has 0 saturated carbocycles. The van der Waals surface area contributed by atoms with Crippen LogP contribution in [0.25, 0.3) is 0 Å². The molecule has 0 aliphatic carbocycles. The van der Waals surface area contributed by atoms with Gasteiger partial charge in [-0.05, 0) is 12.8 Å². The molecule has 0 unspecified atom stereocenters. The predicted molar refractivity (Wildman–Crippen MR) is 73.3 cm³/mol. The third kappa shape index (κ3) is 6.71. The van der Waals surface area contributed by atoms with Crippen molar-refractivity contribution in [2.24, 2.45) is 0 Å². The molecule has 12 heteroatoms. The van der Waals surface area contributed by atoms with Gasteiger partial charge in [0.1, 0.15) is 6.61 Å². The maximum Gasteiger partial charge on any atom is 0.431 e. The molecular formula is C12H18F4O7S. The molecule has 0 fully saturated rings. The number of alkyl halides is 4. The van der Waals surface area contributed by atoms with Gasteiger partial charge in [0, 0.05) is 13.0 Å². The number of aliphatic hydroxyl groups excluding tert-OH is 1. The molecule has 7 nitrogen and oxygen atoms in total. The zero-order chi connectivity index (χ0) is 19.0. The largest absolute Gasteiger partial charge is 0.460 e. The molecular weight excluding hydrogens is 364 g/mol. The number of hydrogen-bond donors (Lipinski definition) is 2. The van der Waals surface area contributed by atoms with E-state index in [-0.39, 0.29) is 38.4 Å². The second kappa shape index (κ2) is 9.30. The van der Waals surface area contributed by atoms with Crippen LogP contribution in [0.5, 0.6) is 0 Å². The summed E-state index contributed by atoms with van der Waals surface area (Å²) in [5, 5.41) is 2.86. The highest BCUT2D eigenvalue weighted by Gasteiger charge is 2.64. The van der Waals surface area contributed by atoms with Crippen molar-refractivity contribution in [1.82, 2.24) is 0 Å². The zero-order valence-electron chi connectivity index (χ0n) is 12.5. The molecule has 0 radical (unpaired) electrons. The van der Waals surface area contributed by atoms with E-state index in [1.165, 1.54) is 0 Å². The fourth-order valence-electron chi connectivity index (χ4n) is 1.38. The fraction of sp³-hybridized carbons (Fsp3) is 0.750. The van der Waals surface area contributed by atoms with Gasteiger partial charge >= 0.3 is 27.3 Å². The first-order valence-corrected chi connectivity index (χ1v) is 8.07. The number of aliphatic hydroxyl groups is 1. The van der Waals surface area contributed by atoms with Gasteiger partial charge in [0.15, 0.2) is 0 Å². The fourth-order valence-corrected chi connectivity index (χ4v) is 1.86. The van der Waals surface area contributed by atoms with E-state index in [1.54, 1.807) is 0 Å². The topological polar surface area (TPSA) is 110 Å². The van der Waals surface area contributed by atoms with Gasteiger partial charge in [-0.2, -0.15) is 26.0 Å². The molecule has 0 rings (SSSR count). The molecule has 0 atom stereocenters. The van der Waals surface area contributed by atoms with E-state index in [0.29, 0.717) is 0 Å². The minimum Gasteiger partial charge on any atom is -0.460 e. The summed E-state index contributed by atoms with van der Waals surface area (Å²) in [6.07, 6.45) is -2.13. The van der Waals surface area contributed by atoms with Gasteiger partial charge in [0.25, 0.3) is 0 Å². The van der Waals surface area contributed by atoms with Gasteiger partial charge in [0.05, 0.1) is 18.8 Å². The number of carbonyl (C=O) groups excluding carboxylic acids is 1. The van der Waals surface area contributed by atoms with Gasteiger partial charge in [-0.15, -0.1) is 0 Å². The Morgan fingerprint density at radius 2 is 1.71 bits per heavy atom. The van der Waals surface area contributed by atoms with Crippen LogP contribution in [0.2, 0.25) is 0 Å². The van der Waals surface area contributed by atoms with Crippen molar-refractivity contribution in [3.05, 3.63) is 12.2 Å². The third-order valence-electron chi connectivity index (χ3n) is 2.67. The lowest BCUT2D eigenvalue weighted by atomic mass is 10.1. The lowest BCUT2D eigenvalue weighted by Gasteiger charge is -2.23. The SMILES string of the molecule is C=C(COCCCCC(F)(F)C(F)(F)S(=O)(=O)O)C(=O)OCCO. The van der Waals surface area contributed by atoms with Crippen molar-refractivity contribution in [2.75, 3.05) is 26.4 Å². The number of ether oxygens (including phenoxy) is 2. The van der Waals surface area contributed by atoms with Crippen LogP contribution in [0.15, 0.2) is 12.2 Å². The molecule has 0 aliphatic heterocycles. The average molecular weight is 382 g/mol. The molecule has 142 valence electrons. The number of hydrogen-bond acceptors (Lipinski definition) is 6. The van der Waals surface area contributed by atoms with Crippen LogP contribution in [-0.2, 0) is 24.4 Å². The van der Waals surface area contributed by atoms with E-state index >= 15 is 0 Å². The molecule has 0 heterocycles. The van der Waals surface area contributed by atoms with E-state index in [2.05, 4.69) is 11.3 Å². The third-order valence-corrected chi connectivity index (χ3v) is 3.62. The average Bonchev–Trinajstić information content (AvgIpc) is 2.46. The Labute approximate surface area is 136 Å². The van der Waals surface area contributed by atoms with Crippen molar-refractivity contribution in [3.63, 3.8) is 0 Å². The van der Waals surface area contributed by atoms with Crippen molar-refractivity contribution < 1.29 is 49.9 Å². The van der Waals surface area contributed by atoms with Gasteiger partial charge in [-0.1, -0.05) is 6.58 Å². The Hall–Kier alpha value is -1.24. The molecule has 0 aromatic rings. The summed E-state index contributed by atoms with van der Waals surface area (Å²) in [7, 11) is -6.23. The molecule has 2 N–H and O–H groups in total. The summed E-state index contributed by atoms with van der Waals surface area (Å²) >= 11 is 0. The van der Waals surface area contributed by atoms with Gasteiger partial charge in [-0.25, -0.2) is 4.79 Å². The monoisotopic (exact) mass is 382 g/mol. The van der Waals surface area contributed by atoms with Crippen LogP contribution in [-0.4, -0.2) is 61.7 Å². The Bertz CT molecular complexity index is 534. The summed E-state index contributed by atoms with van der Waals surface area (Å²) < 4.78 is 90.1. The minimum absolute atomic E-state index is 0.0910. The Balaban J connectivity index is 4.11. The minimum atomic E-state index is -6.23. The van der Waals surface area contributed by atoms with Crippen LogP contribution < -0.4 is 0 Å². The highest BCUT2D eigenvalue weighted by atomic mass is 32.2. The molecule has 0 aromatic heterocycles. The summed E-state index contributed by atoms with van der Waals surface area (Å²) in [5.41, 5.74) is -0.0910. The molecule has 24 heavy (non-hydrogen) atoms. The van der Waals surface area contributed by atoms with E-state index in [0.717, 1.165) is 0 Å². The van der Waals surface area contributed by atoms with Crippen molar-refractivity contribution in [2.45, 2.75) is 30.4 Å². The van der Waals surface area contributed by atoms with E-state index in [9.17, 15) is 30.8 Å². The van der Waals surface area contributed by atoms with Gasteiger partial charge in [-0.3, -0.25) is 4.55 Å². The predicted octanol–water partition coefficient (Wildman–Crippen LogP) is 1.38.